The normalized spacial score (nSPS) is 25.0. The van der Waals surface area contributed by atoms with Crippen molar-refractivity contribution in [2.75, 3.05) is 5.75 Å². The van der Waals surface area contributed by atoms with E-state index in [0.29, 0.717) is 37.0 Å². The Labute approximate surface area is 305 Å². The SMILES string of the molecule is CC(C)C[C@@H](/C=C/S(=O)(=O)CC12CC3CC(CC(C3)C1)C2)NC(=O)[C@H](CC(C)C)NC(=O)[C@H](CC(C)C)NC(=O)[C@H](Cc1ccccc1)N=[N+]=[N-]. The molecule has 0 unspecified atom stereocenters. The van der Waals surface area contributed by atoms with Crippen LogP contribution in [0.1, 0.15) is 105 Å². The molecular weight excluding hydrogens is 665 g/mol. The summed E-state index contributed by atoms with van der Waals surface area (Å²) in [5.41, 5.74) is 9.86. The molecule has 282 valence electrons. The lowest BCUT2D eigenvalue weighted by molar-refractivity contribution is -0.133. The Hall–Kier alpha value is -3.37. The summed E-state index contributed by atoms with van der Waals surface area (Å²) >= 11 is 0. The molecule has 4 aliphatic carbocycles. The Kier molecular flexibility index (Phi) is 14.2. The number of amides is 3. The predicted molar refractivity (Wildman–Crippen MR) is 201 cm³/mol. The summed E-state index contributed by atoms with van der Waals surface area (Å²) in [6, 6.07) is 5.72. The van der Waals surface area contributed by atoms with E-state index in [1.807, 2.05) is 71.9 Å². The minimum atomic E-state index is -3.51. The number of carbonyl (C=O) groups is 3. The van der Waals surface area contributed by atoms with Gasteiger partial charge in [-0.05, 0) is 116 Å². The zero-order valence-electron chi connectivity index (χ0n) is 31.4. The molecule has 4 atom stereocenters. The highest BCUT2D eigenvalue weighted by atomic mass is 32.2. The van der Waals surface area contributed by atoms with Gasteiger partial charge in [-0.1, -0.05) is 83.1 Å². The van der Waals surface area contributed by atoms with Gasteiger partial charge in [0.15, 0.2) is 9.84 Å². The molecule has 0 radical (unpaired) electrons. The van der Waals surface area contributed by atoms with Crippen molar-refractivity contribution in [3.8, 4) is 0 Å². The maximum absolute atomic E-state index is 13.8. The van der Waals surface area contributed by atoms with Crippen molar-refractivity contribution in [2.24, 2.45) is 46.0 Å². The van der Waals surface area contributed by atoms with Gasteiger partial charge in [0.1, 0.15) is 18.1 Å². The molecule has 4 fully saturated rings. The van der Waals surface area contributed by atoms with Gasteiger partial charge < -0.3 is 16.0 Å². The van der Waals surface area contributed by atoms with Crippen molar-refractivity contribution < 1.29 is 22.8 Å². The van der Waals surface area contributed by atoms with Crippen LogP contribution in [-0.2, 0) is 30.6 Å². The highest BCUT2D eigenvalue weighted by Crippen LogP contribution is 2.60. The first kappa shape index (κ1) is 40.4. The van der Waals surface area contributed by atoms with Crippen LogP contribution in [0.15, 0.2) is 46.9 Å². The summed E-state index contributed by atoms with van der Waals surface area (Å²) in [6.45, 7) is 11.8. The minimum absolute atomic E-state index is 0.0337. The molecule has 4 saturated carbocycles. The summed E-state index contributed by atoms with van der Waals surface area (Å²) < 4.78 is 27.1. The minimum Gasteiger partial charge on any atom is -0.348 e. The maximum atomic E-state index is 13.8. The largest absolute Gasteiger partial charge is 0.348 e. The van der Waals surface area contributed by atoms with Crippen molar-refractivity contribution in [2.45, 2.75) is 130 Å². The van der Waals surface area contributed by atoms with Gasteiger partial charge in [-0.15, -0.1) is 0 Å². The van der Waals surface area contributed by atoms with Crippen LogP contribution >= 0.6 is 0 Å². The first-order valence-electron chi connectivity index (χ1n) is 19.0. The standard InChI is InChI=1S/C39H60N6O5S/c1-25(2)14-32(12-13-51(49,50)24-39-21-29-17-30(22-39)19-31(18-29)23-39)41-36(46)33(15-26(3)4)42-37(47)34(16-27(5)6)43-38(48)35(44-45-40)20-28-10-8-7-9-11-28/h7-13,25-27,29-35H,14-24H2,1-6H3,(H,41,46)(H,42,47)(H,43,48)/b13-12+/t29?,30?,31?,32-,33+,34+,35+,39?/m1/s1. The zero-order chi connectivity index (χ0) is 37.3. The van der Waals surface area contributed by atoms with E-state index in [0.717, 1.165) is 24.8 Å². The second-order valence-electron chi connectivity index (χ2n) is 17.1. The number of carbonyl (C=O) groups excluding carboxylic acids is 3. The lowest BCUT2D eigenvalue weighted by Gasteiger charge is -2.56. The molecule has 1 aromatic carbocycles. The number of rotatable bonds is 19. The molecule has 12 heteroatoms. The van der Waals surface area contributed by atoms with Crippen LogP contribution in [-0.4, -0.2) is 56.1 Å². The third kappa shape index (κ3) is 12.4. The number of hydrogen-bond acceptors (Lipinski definition) is 6. The van der Waals surface area contributed by atoms with Crippen LogP contribution in [0.4, 0.5) is 0 Å². The van der Waals surface area contributed by atoms with E-state index in [4.69, 9.17) is 5.53 Å². The van der Waals surface area contributed by atoms with Gasteiger partial charge in [-0.25, -0.2) is 8.42 Å². The quantitative estimate of drug-likeness (QED) is 0.0823. The number of nitrogens with one attached hydrogen (secondary N) is 3. The number of hydrogen-bond donors (Lipinski definition) is 3. The second kappa shape index (κ2) is 17.9. The van der Waals surface area contributed by atoms with Crippen molar-refractivity contribution >= 4 is 27.6 Å². The molecule has 51 heavy (non-hydrogen) atoms. The fourth-order valence-electron chi connectivity index (χ4n) is 9.16. The Morgan fingerprint density at radius 2 is 1.29 bits per heavy atom. The van der Waals surface area contributed by atoms with Crippen LogP contribution in [0.2, 0.25) is 0 Å². The third-order valence-electron chi connectivity index (χ3n) is 10.7. The molecule has 0 aromatic heterocycles. The molecule has 3 N–H and O–H groups in total. The number of nitrogens with zero attached hydrogens (tertiary/aromatic N) is 3. The molecule has 3 amide bonds. The van der Waals surface area contributed by atoms with Crippen LogP contribution in [0.3, 0.4) is 0 Å². The Morgan fingerprint density at radius 3 is 1.78 bits per heavy atom. The molecule has 4 bridgehead atoms. The van der Waals surface area contributed by atoms with Crippen molar-refractivity contribution in [3.63, 3.8) is 0 Å². The van der Waals surface area contributed by atoms with E-state index in [9.17, 15) is 22.8 Å². The van der Waals surface area contributed by atoms with Gasteiger partial charge in [-0.2, -0.15) is 0 Å². The molecule has 0 saturated heterocycles. The predicted octanol–water partition coefficient (Wildman–Crippen LogP) is 6.65. The van der Waals surface area contributed by atoms with E-state index in [-0.39, 0.29) is 35.3 Å². The lowest BCUT2D eigenvalue weighted by Crippen LogP contribution is -2.56. The van der Waals surface area contributed by atoms with Crippen LogP contribution < -0.4 is 16.0 Å². The summed E-state index contributed by atoms with van der Waals surface area (Å²) in [5.74, 6) is 0.927. The average molecular weight is 725 g/mol. The third-order valence-corrected chi connectivity index (χ3v) is 12.3. The van der Waals surface area contributed by atoms with Crippen LogP contribution in [0.5, 0.6) is 0 Å². The first-order chi connectivity index (χ1) is 24.0. The van der Waals surface area contributed by atoms with Crippen molar-refractivity contribution in [1.29, 1.82) is 0 Å². The summed E-state index contributed by atoms with van der Waals surface area (Å²) in [6.07, 6.45) is 9.75. The summed E-state index contributed by atoms with van der Waals surface area (Å²) in [4.78, 5) is 43.8. The fourth-order valence-corrected chi connectivity index (χ4v) is 10.9. The van der Waals surface area contributed by atoms with Crippen molar-refractivity contribution in [3.05, 3.63) is 57.8 Å². The van der Waals surface area contributed by atoms with Gasteiger partial charge in [0.05, 0.1) is 5.75 Å². The smallest absolute Gasteiger partial charge is 0.243 e. The highest BCUT2D eigenvalue weighted by molar-refractivity contribution is 7.94. The first-order valence-corrected chi connectivity index (χ1v) is 20.7. The average Bonchev–Trinajstić information content (AvgIpc) is 3.01. The Bertz CT molecular complexity index is 1500. The topological polar surface area (TPSA) is 170 Å². The highest BCUT2D eigenvalue weighted by Gasteiger charge is 2.52. The molecule has 0 aliphatic heterocycles. The van der Waals surface area contributed by atoms with E-state index in [1.165, 1.54) is 24.7 Å². The monoisotopic (exact) mass is 724 g/mol. The lowest BCUT2D eigenvalue weighted by atomic mass is 9.50. The molecule has 1 aromatic rings. The number of benzene rings is 1. The fraction of sp³-hybridized carbons (Fsp3) is 0.718. The van der Waals surface area contributed by atoms with E-state index < -0.39 is 51.7 Å². The van der Waals surface area contributed by atoms with Gasteiger partial charge in [0.25, 0.3) is 0 Å². The van der Waals surface area contributed by atoms with E-state index in [2.05, 4.69) is 26.0 Å². The van der Waals surface area contributed by atoms with Gasteiger partial charge in [0, 0.05) is 16.4 Å². The molecule has 5 rings (SSSR count). The summed E-state index contributed by atoms with van der Waals surface area (Å²) in [7, 11) is -3.51. The van der Waals surface area contributed by atoms with Gasteiger partial charge in [-0.3, -0.25) is 14.4 Å². The van der Waals surface area contributed by atoms with Gasteiger partial charge >= 0.3 is 0 Å². The molecule has 11 nitrogen and oxygen atoms in total. The molecule has 4 aliphatic rings. The maximum Gasteiger partial charge on any atom is 0.243 e. The van der Waals surface area contributed by atoms with E-state index >= 15 is 0 Å². The van der Waals surface area contributed by atoms with Crippen molar-refractivity contribution in [1.82, 2.24) is 16.0 Å². The van der Waals surface area contributed by atoms with Gasteiger partial charge in [0.2, 0.25) is 17.7 Å². The number of azide groups is 1. The van der Waals surface area contributed by atoms with E-state index in [1.54, 1.807) is 6.08 Å². The summed E-state index contributed by atoms with van der Waals surface area (Å²) in [5, 5.41) is 13.7. The molecule has 0 heterocycles. The molecule has 0 spiro atoms. The van der Waals surface area contributed by atoms with Crippen LogP contribution in [0.25, 0.3) is 10.4 Å². The zero-order valence-corrected chi connectivity index (χ0v) is 32.2. The number of sulfone groups is 1. The Balaban J connectivity index is 1.45. The Morgan fingerprint density at radius 1 is 0.804 bits per heavy atom. The molecular formula is C39H60N6O5S. The second-order valence-corrected chi connectivity index (χ2v) is 19.0. The van der Waals surface area contributed by atoms with Crippen LogP contribution in [0, 0.1) is 40.9 Å².